The monoisotopic (exact) mass is 487 g/mol. The fourth-order valence-electron chi connectivity index (χ4n) is 3.34. The molecule has 4 aromatic rings. The quantitative estimate of drug-likeness (QED) is 0.188. The van der Waals surface area contributed by atoms with Crippen LogP contribution in [-0.2, 0) is 23.2 Å². The minimum absolute atomic E-state index is 0.215. The lowest BCUT2D eigenvalue weighted by Crippen LogP contribution is -2.07. The lowest BCUT2D eigenvalue weighted by Gasteiger charge is -2.06. The summed E-state index contributed by atoms with van der Waals surface area (Å²) >= 11 is 0.980. The highest BCUT2D eigenvalue weighted by Crippen LogP contribution is 2.25. The number of halogens is 1. The molecule has 3 aromatic carbocycles. The first kappa shape index (κ1) is 24.0. The van der Waals surface area contributed by atoms with E-state index in [4.69, 9.17) is 4.74 Å². The fourth-order valence-corrected chi connectivity index (χ4v) is 3.92. The molecule has 0 bridgehead atoms. The fraction of sp³-hybridized carbons (Fsp3) is 0.0741. The number of nitrogens with one attached hydrogen (secondary N) is 1. The Balaban J connectivity index is 1.32. The van der Waals surface area contributed by atoms with Crippen LogP contribution in [0.2, 0.25) is 0 Å². The normalized spacial score (nSPS) is 10.9. The number of aryl methyl sites for hydroxylation is 1. The first-order chi connectivity index (χ1) is 17.0. The average molecular weight is 488 g/mol. The number of amides is 1. The summed E-state index contributed by atoms with van der Waals surface area (Å²) in [6, 6.07) is 22.5. The third-order valence-electron chi connectivity index (χ3n) is 5.02. The van der Waals surface area contributed by atoms with Gasteiger partial charge in [-0.1, -0.05) is 30.3 Å². The van der Waals surface area contributed by atoms with Crippen molar-refractivity contribution in [1.82, 2.24) is 9.78 Å². The highest BCUT2D eigenvalue weighted by molar-refractivity contribution is 8.13. The number of ether oxygens (including phenoxy) is 1. The number of carbonyl (C=O) groups is 2. The van der Waals surface area contributed by atoms with Crippen molar-refractivity contribution in [3.63, 3.8) is 0 Å². The zero-order valence-corrected chi connectivity index (χ0v) is 19.7. The molecule has 4 rings (SSSR count). The van der Waals surface area contributed by atoms with E-state index in [0.717, 1.165) is 34.1 Å². The molecule has 0 saturated heterocycles. The standard InChI is InChI=1S/C27H22FN3O3S/c1-31-26(20-7-10-22(28)11-8-20)21(17-29-31)9-16-25(32)30-23-12-14-24(15-13-23)35-27(33)34-18-19-5-3-2-4-6-19/h2-17H,18H2,1H3,(H,30,32)/b16-9+. The lowest BCUT2D eigenvalue weighted by molar-refractivity contribution is -0.111. The highest BCUT2D eigenvalue weighted by Gasteiger charge is 2.10. The summed E-state index contributed by atoms with van der Waals surface area (Å²) in [5, 5.41) is 6.62. The van der Waals surface area contributed by atoms with Gasteiger partial charge in [0.15, 0.2) is 0 Å². The van der Waals surface area contributed by atoms with Gasteiger partial charge < -0.3 is 10.1 Å². The maximum Gasteiger partial charge on any atom is 0.372 e. The van der Waals surface area contributed by atoms with Crippen molar-refractivity contribution < 1.29 is 18.7 Å². The molecular formula is C27H22FN3O3S. The van der Waals surface area contributed by atoms with Gasteiger partial charge in [-0.25, -0.2) is 9.18 Å². The summed E-state index contributed by atoms with van der Waals surface area (Å²) < 4.78 is 20.2. The van der Waals surface area contributed by atoms with Crippen molar-refractivity contribution in [2.24, 2.45) is 7.05 Å². The molecule has 0 aliphatic heterocycles. The molecule has 6 nitrogen and oxygen atoms in total. The van der Waals surface area contributed by atoms with E-state index < -0.39 is 5.30 Å². The molecule has 0 aliphatic carbocycles. The van der Waals surface area contributed by atoms with Crippen LogP contribution in [0.4, 0.5) is 14.9 Å². The van der Waals surface area contributed by atoms with Crippen LogP contribution in [0, 0.1) is 5.82 Å². The van der Waals surface area contributed by atoms with Gasteiger partial charge in [-0.2, -0.15) is 5.10 Å². The second-order valence-electron chi connectivity index (χ2n) is 7.55. The van der Waals surface area contributed by atoms with Crippen LogP contribution in [0.5, 0.6) is 0 Å². The molecule has 1 amide bonds. The van der Waals surface area contributed by atoms with E-state index in [9.17, 15) is 14.0 Å². The van der Waals surface area contributed by atoms with Crippen molar-refractivity contribution >= 4 is 34.7 Å². The Bertz CT molecular complexity index is 1330. The first-order valence-corrected chi connectivity index (χ1v) is 11.6. The Labute approximate surface area is 206 Å². The minimum Gasteiger partial charge on any atom is -0.452 e. The van der Waals surface area contributed by atoms with E-state index in [1.165, 1.54) is 18.2 Å². The molecule has 0 unspecified atom stereocenters. The van der Waals surface area contributed by atoms with Gasteiger partial charge in [-0.15, -0.1) is 0 Å². The second-order valence-corrected chi connectivity index (χ2v) is 8.56. The third-order valence-corrected chi connectivity index (χ3v) is 5.81. The van der Waals surface area contributed by atoms with Crippen molar-refractivity contribution in [2.45, 2.75) is 11.5 Å². The maximum absolute atomic E-state index is 13.3. The van der Waals surface area contributed by atoms with Gasteiger partial charge in [0.2, 0.25) is 5.91 Å². The van der Waals surface area contributed by atoms with Crippen LogP contribution in [0.15, 0.2) is 96.0 Å². The predicted molar refractivity (Wildman–Crippen MR) is 135 cm³/mol. The molecule has 1 heterocycles. The average Bonchev–Trinajstić information content (AvgIpc) is 3.24. The van der Waals surface area contributed by atoms with Crippen LogP contribution in [-0.4, -0.2) is 21.0 Å². The molecule has 0 spiro atoms. The lowest BCUT2D eigenvalue weighted by atomic mass is 10.1. The SMILES string of the molecule is Cn1ncc(/C=C/C(=O)Nc2ccc(SC(=O)OCc3ccccc3)cc2)c1-c1ccc(F)cc1. The Morgan fingerprint density at radius 2 is 1.74 bits per heavy atom. The number of anilines is 1. The molecule has 0 saturated carbocycles. The Morgan fingerprint density at radius 1 is 1.03 bits per heavy atom. The van der Waals surface area contributed by atoms with Gasteiger partial charge in [0.05, 0.1) is 11.9 Å². The molecular weight excluding hydrogens is 465 g/mol. The molecule has 0 aliphatic rings. The van der Waals surface area contributed by atoms with Crippen LogP contribution >= 0.6 is 11.8 Å². The molecule has 0 fully saturated rings. The summed E-state index contributed by atoms with van der Waals surface area (Å²) in [4.78, 5) is 25.2. The second kappa shape index (κ2) is 11.3. The molecule has 1 N–H and O–H groups in total. The van der Waals surface area contributed by atoms with Crippen molar-refractivity contribution in [2.75, 3.05) is 5.32 Å². The molecule has 35 heavy (non-hydrogen) atoms. The molecule has 176 valence electrons. The summed E-state index contributed by atoms with van der Waals surface area (Å²) in [5.41, 5.74) is 3.81. The van der Waals surface area contributed by atoms with Crippen molar-refractivity contribution in [3.05, 3.63) is 108 Å². The zero-order valence-electron chi connectivity index (χ0n) is 18.9. The maximum atomic E-state index is 13.3. The predicted octanol–water partition coefficient (Wildman–Crippen LogP) is 6.31. The largest absolute Gasteiger partial charge is 0.452 e. The van der Waals surface area contributed by atoms with Crippen LogP contribution in [0.25, 0.3) is 17.3 Å². The van der Waals surface area contributed by atoms with Crippen LogP contribution in [0.1, 0.15) is 11.1 Å². The van der Waals surface area contributed by atoms with E-state index >= 15 is 0 Å². The van der Waals surface area contributed by atoms with Crippen molar-refractivity contribution in [3.8, 4) is 11.3 Å². The summed E-state index contributed by atoms with van der Waals surface area (Å²) in [5.74, 6) is -0.637. The van der Waals surface area contributed by atoms with Gasteiger partial charge in [0, 0.05) is 34.8 Å². The first-order valence-electron chi connectivity index (χ1n) is 10.7. The number of thioether (sulfide) groups is 1. The van der Waals surface area contributed by atoms with Gasteiger partial charge in [-0.05, 0) is 71.9 Å². The van der Waals surface area contributed by atoms with Crippen LogP contribution in [0.3, 0.4) is 0 Å². The van der Waals surface area contributed by atoms with Gasteiger partial charge in [0.1, 0.15) is 12.4 Å². The van der Waals surface area contributed by atoms with E-state index in [0.29, 0.717) is 10.6 Å². The number of rotatable bonds is 7. The summed E-state index contributed by atoms with van der Waals surface area (Å²) in [6.45, 7) is 0.215. The number of benzene rings is 3. The highest BCUT2D eigenvalue weighted by atomic mass is 32.2. The number of hydrogen-bond acceptors (Lipinski definition) is 5. The summed E-state index contributed by atoms with van der Waals surface area (Å²) in [7, 11) is 1.78. The minimum atomic E-state index is -0.401. The molecule has 0 radical (unpaired) electrons. The smallest absolute Gasteiger partial charge is 0.372 e. The van der Waals surface area contributed by atoms with Crippen molar-refractivity contribution in [1.29, 1.82) is 0 Å². The van der Waals surface area contributed by atoms with E-state index in [1.807, 2.05) is 30.3 Å². The van der Waals surface area contributed by atoms with E-state index in [-0.39, 0.29) is 18.3 Å². The summed E-state index contributed by atoms with van der Waals surface area (Å²) in [6.07, 6.45) is 4.72. The van der Waals surface area contributed by atoms with E-state index in [2.05, 4.69) is 10.4 Å². The molecule has 1 aromatic heterocycles. The Morgan fingerprint density at radius 3 is 2.46 bits per heavy atom. The van der Waals surface area contributed by atoms with Crippen LogP contribution < -0.4 is 5.32 Å². The third kappa shape index (κ3) is 6.68. The van der Waals surface area contributed by atoms with Gasteiger partial charge in [0.25, 0.3) is 0 Å². The van der Waals surface area contributed by atoms with Gasteiger partial charge in [-0.3, -0.25) is 9.48 Å². The molecule has 8 heteroatoms. The number of carbonyl (C=O) groups excluding carboxylic acids is 2. The van der Waals surface area contributed by atoms with Gasteiger partial charge >= 0.3 is 5.30 Å². The number of aromatic nitrogens is 2. The number of hydrogen-bond donors (Lipinski definition) is 1. The van der Waals surface area contributed by atoms with E-state index in [1.54, 1.807) is 60.4 Å². The Hall–Kier alpha value is -4.17. The topological polar surface area (TPSA) is 73.2 Å². The number of nitrogens with zero attached hydrogens (tertiary/aromatic N) is 2. The Kier molecular flexibility index (Phi) is 7.74. The zero-order chi connectivity index (χ0) is 24.6. The molecule has 0 atom stereocenters.